The molecule has 0 aromatic heterocycles. The fourth-order valence-electron chi connectivity index (χ4n) is 1.95. The van der Waals surface area contributed by atoms with E-state index < -0.39 is 21.8 Å². The van der Waals surface area contributed by atoms with Crippen molar-refractivity contribution >= 4 is 9.84 Å². The Morgan fingerprint density at radius 2 is 1.68 bits per heavy atom. The maximum Gasteiger partial charge on any atom is 0.157 e. The lowest BCUT2D eigenvalue weighted by molar-refractivity contribution is 0.125. The second-order valence-electron chi connectivity index (χ2n) is 4.96. The van der Waals surface area contributed by atoms with E-state index in [0.717, 1.165) is 0 Å². The topological polar surface area (TPSA) is 63.6 Å². The van der Waals surface area contributed by atoms with Gasteiger partial charge in [-0.25, -0.2) is 12.8 Å². The largest absolute Gasteiger partial charge is 0.491 e. The number of hydrogen-bond donors (Lipinski definition) is 1. The van der Waals surface area contributed by atoms with Crippen molar-refractivity contribution in [3.8, 4) is 5.75 Å². The van der Waals surface area contributed by atoms with Gasteiger partial charge in [0.15, 0.2) is 9.84 Å². The van der Waals surface area contributed by atoms with Crippen LogP contribution in [-0.4, -0.2) is 32.0 Å². The Hall–Kier alpha value is -1.92. The van der Waals surface area contributed by atoms with E-state index in [1.54, 1.807) is 24.3 Å². The van der Waals surface area contributed by atoms with E-state index in [9.17, 15) is 17.9 Å². The third kappa shape index (κ3) is 5.46. The SMILES string of the molecule is O=S(=O)(Cc1ccccc1)C[C@H](O)COc1ccc(F)cc1. The number of halogens is 1. The first-order valence-corrected chi connectivity index (χ1v) is 8.57. The lowest BCUT2D eigenvalue weighted by atomic mass is 10.2. The van der Waals surface area contributed by atoms with Crippen molar-refractivity contribution in [2.75, 3.05) is 12.4 Å². The highest BCUT2D eigenvalue weighted by atomic mass is 32.2. The number of hydrogen-bond acceptors (Lipinski definition) is 4. The number of aliphatic hydroxyl groups excluding tert-OH is 1. The molecular formula is C16H17FO4S. The van der Waals surface area contributed by atoms with E-state index >= 15 is 0 Å². The van der Waals surface area contributed by atoms with Gasteiger partial charge in [0.25, 0.3) is 0 Å². The smallest absolute Gasteiger partial charge is 0.157 e. The van der Waals surface area contributed by atoms with Gasteiger partial charge in [0.05, 0.1) is 11.5 Å². The summed E-state index contributed by atoms with van der Waals surface area (Å²) in [6, 6.07) is 14.1. The molecule has 2 rings (SSSR count). The third-order valence-corrected chi connectivity index (χ3v) is 4.60. The summed E-state index contributed by atoms with van der Waals surface area (Å²) in [7, 11) is -3.43. The Labute approximate surface area is 129 Å². The third-order valence-electron chi connectivity index (χ3n) is 2.93. The summed E-state index contributed by atoms with van der Waals surface area (Å²) in [5, 5.41) is 9.80. The Morgan fingerprint density at radius 1 is 1.05 bits per heavy atom. The van der Waals surface area contributed by atoms with Gasteiger partial charge in [-0.2, -0.15) is 0 Å². The van der Waals surface area contributed by atoms with Crippen molar-refractivity contribution in [2.24, 2.45) is 0 Å². The lowest BCUT2D eigenvalue weighted by Gasteiger charge is -2.13. The minimum Gasteiger partial charge on any atom is -0.491 e. The summed E-state index contributed by atoms with van der Waals surface area (Å²) >= 11 is 0. The minimum absolute atomic E-state index is 0.124. The summed E-state index contributed by atoms with van der Waals surface area (Å²) in [5.74, 6) is -0.524. The summed E-state index contributed by atoms with van der Waals surface area (Å²) in [6.45, 7) is -0.167. The van der Waals surface area contributed by atoms with Gasteiger partial charge in [0.2, 0.25) is 0 Å². The monoisotopic (exact) mass is 324 g/mol. The Balaban J connectivity index is 1.85. The molecule has 118 valence electrons. The highest BCUT2D eigenvalue weighted by molar-refractivity contribution is 7.90. The molecule has 0 unspecified atom stereocenters. The van der Waals surface area contributed by atoms with Gasteiger partial charge in [-0.05, 0) is 29.8 Å². The molecule has 22 heavy (non-hydrogen) atoms. The molecule has 4 nitrogen and oxygen atoms in total. The highest BCUT2D eigenvalue weighted by Gasteiger charge is 2.18. The molecule has 0 aliphatic rings. The first kappa shape index (κ1) is 16.5. The number of rotatable bonds is 7. The molecule has 0 bridgehead atoms. The van der Waals surface area contributed by atoms with Crippen LogP contribution in [0.15, 0.2) is 54.6 Å². The minimum atomic E-state index is -3.43. The Morgan fingerprint density at radius 3 is 2.32 bits per heavy atom. The molecule has 0 saturated carbocycles. The van der Waals surface area contributed by atoms with Crippen LogP contribution in [0.4, 0.5) is 4.39 Å². The zero-order chi connectivity index (χ0) is 16.0. The fourth-order valence-corrected chi connectivity index (χ4v) is 3.45. The summed E-state index contributed by atoms with van der Waals surface area (Å²) in [6.07, 6.45) is -1.14. The average Bonchev–Trinajstić information content (AvgIpc) is 2.46. The predicted octanol–water partition coefficient (Wildman–Crippen LogP) is 2.18. The molecule has 0 aliphatic carbocycles. The molecule has 0 amide bonds. The molecule has 0 radical (unpaired) electrons. The Kier molecular flexibility index (Phi) is 5.51. The van der Waals surface area contributed by atoms with Crippen LogP contribution in [0.3, 0.4) is 0 Å². The van der Waals surface area contributed by atoms with Crippen LogP contribution in [0.2, 0.25) is 0 Å². The second-order valence-corrected chi connectivity index (χ2v) is 7.07. The molecule has 6 heteroatoms. The molecule has 0 spiro atoms. The molecule has 2 aromatic carbocycles. The molecule has 0 fully saturated rings. The van der Waals surface area contributed by atoms with Gasteiger partial charge in [-0.15, -0.1) is 0 Å². The van der Waals surface area contributed by atoms with E-state index in [0.29, 0.717) is 11.3 Å². The van der Waals surface area contributed by atoms with E-state index in [1.807, 2.05) is 6.07 Å². The van der Waals surface area contributed by atoms with E-state index in [-0.39, 0.29) is 18.1 Å². The lowest BCUT2D eigenvalue weighted by Crippen LogP contribution is -2.27. The molecule has 1 N–H and O–H groups in total. The highest BCUT2D eigenvalue weighted by Crippen LogP contribution is 2.12. The Bertz CT molecular complexity index is 684. The fraction of sp³-hybridized carbons (Fsp3) is 0.250. The van der Waals surface area contributed by atoms with E-state index in [2.05, 4.69) is 0 Å². The molecule has 0 aliphatic heterocycles. The van der Waals surface area contributed by atoms with Crippen LogP contribution in [0.1, 0.15) is 5.56 Å². The van der Waals surface area contributed by atoms with Crippen LogP contribution >= 0.6 is 0 Å². The van der Waals surface area contributed by atoms with Gasteiger partial charge >= 0.3 is 0 Å². The van der Waals surface area contributed by atoms with Crippen LogP contribution in [0, 0.1) is 5.82 Å². The zero-order valence-electron chi connectivity index (χ0n) is 11.9. The normalized spacial score (nSPS) is 12.8. The molecule has 1 atom stereocenters. The van der Waals surface area contributed by atoms with Crippen molar-refractivity contribution in [1.82, 2.24) is 0 Å². The zero-order valence-corrected chi connectivity index (χ0v) is 12.7. The summed E-state index contributed by atoms with van der Waals surface area (Å²) in [5.41, 5.74) is 0.675. The molecule has 0 heterocycles. The van der Waals surface area contributed by atoms with Gasteiger partial charge in [-0.1, -0.05) is 30.3 Å². The maximum absolute atomic E-state index is 12.7. The molecular weight excluding hydrogens is 307 g/mol. The van der Waals surface area contributed by atoms with E-state index in [4.69, 9.17) is 4.74 Å². The van der Waals surface area contributed by atoms with Crippen molar-refractivity contribution in [3.63, 3.8) is 0 Å². The summed E-state index contributed by atoms with van der Waals surface area (Å²) in [4.78, 5) is 0. The number of ether oxygens (including phenoxy) is 1. The van der Waals surface area contributed by atoms with E-state index in [1.165, 1.54) is 24.3 Å². The summed E-state index contributed by atoms with van der Waals surface area (Å²) < 4.78 is 42.0. The predicted molar refractivity (Wildman–Crippen MR) is 81.8 cm³/mol. The van der Waals surface area contributed by atoms with Gasteiger partial charge < -0.3 is 9.84 Å². The quantitative estimate of drug-likeness (QED) is 0.848. The average molecular weight is 324 g/mol. The van der Waals surface area contributed by atoms with Crippen molar-refractivity contribution < 1.29 is 22.7 Å². The van der Waals surface area contributed by atoms with Gasteiger partial charge in [-0.3, -0.25) is 0 Å². The molecule has 0 saturated heterocycles. The van der Waals surface area contributed by atoms with Crippen molar-refractivity contribution in [2.45, 2.75) is 11.9 Å². The van der Waals surface area contributed by atoms with Gasteiger partial charge in [0, 0.05) is 0 Å². The van der Waals surface area contributed by atoms with Crippen molar-refractivity contribution in [1.29, 1.82) is 0 Å². The molecule has 2 aromatic rings. The second kappa shape index (κ2) is 7.38. The number of sulfone groups is 1. The van der Waals surface area contributed by atoms with Crippen LogP contribution in [0.25, 0.3) is 0 Å². The number of benzene rings is 2. The standard InChI is InChI=1S/C16H17FO4S/c17-14-6-8-16(9-7-14)21-10-15(18)12-22(19,20)11-13-4-2-1-3-5-13/h1-9,15,18H,10-12H2/t15-/m1/s1. The van der Waals surface area contributed by atoms with Gasteiger partial charge in [0.1, 0.15) is 24.3 Å². The van der Waals surface area contributed by atoms with Crippen LogP contribution < -0.4 is 4.74 Å². The van der Waals surface area contributed by atoms with Crippen LogP contribution in [-0.2, 0) is 15.6 Å². The number of aliphatic hydroxyl groups is 1. The first-order valence-electron chi connectivity index (χ1n) is 6.75. The first-order chi connectivity index (χ1) is 10.4. The maximum atomic E-state index is 12.7. The van der Waals surface area contributed by atoms with Crippen molar-refractivity contribution in [3.05, 3.63) is 66.0 Å². The van der Waals surface area contributed by atoms with Crippen LogP contribution in [0.5, 0.6) is 5.75 Å².